The summed E-state index contributed by atoms with van der Waals surface area (Å²) in [6.45, 7) is 0.363. The van der Waals surface area contributed by atoms with Crippen molar-refractivity contribution in [2.45, 2.75) is 6.54 Å². The van der Waals surface area contributed by atoms with Gasteiger partial charge in [-0.05, 0) is 34.1 Å². The molecular weight excluding hydrogens is 324 g/mol. The molecule has 0 aliphatic rings. The number of hydrogen-bond donors (Lipinski definition) is 1. The van der Waals surface area contributed by atoms with Crippen LogP contribution in [0.1, 0.15) is 5.82 Å². The molecule has 3 rings (SSSR count). The molecule has 2 aromatic heterocycles. The fraction of sp³-hybridized carbons (Fsp3) is 0.231. The molecule has 104 valence electrons. The predicted molar refractivity (Wildman–Crippen MR) is 79.2 cm³/mol. The first kappa shape index (κ1) is 13.1. The van der Waals surface area contributed by atoms with Gasteiger partial charge < -0.3 is 14.7 Å². The van der Waals surface area contributed by atoms with Crippen LogP contribution in [0.2, 0.25) is 0 Å². The molecule has 0 saturated carbocycles. The van der Waals surface area contributed by atoms with Gasteiger partial charge in [-0.3, -0.25) is 4.57 Å². The molecule has 7 heteroatoms. The van der Waals surface area contributed by atoms with Crippen LogP contribution in [-0.2, 0) is 20.6 Å². The molecule has 0 fully saturated rings. The number of aromatic nitrogens is 3. The number of aryl methyl sites for hydroxylation is 1. The van der Waals surface area contributed by atoms with Crippen molar-refractivity contribution in [3.05, 3.63) is 39.2 Å². The van der Waals surface area contributed by atoms with Crippen molar-refractivity contribution >= 4 is 27.0 Å². The Labute approximate surface area is 122 Å². The van der Waals surface area contributed by atoms with Gasteiger partial charge in [0.05, 0.1) is 12.1 Å². The third-order valence-corrected chi connectivity index (χ3v) is 4.27. The van der Waals surface area contributed by atoms with Crippen LogP contribution in [-0.4, -0.2) is 14.1 Å². The van der Waals surface area contributed by atoms with Crippen LogP contribution in [0.15, 0.2) is 32.0 Å². The largest absolute Gasteiger partial charge is 0.419 e. The zero-order chi connectivity index (χ0) is 14.4. The van der Waals surface area contributed by atoms with E-state index in [1.807, 2.05) is 23.7 Å². The van der Waals surface area contributed by atoms with Crippen molar-refractivity contribution in [2.75, 3.05) is 0 Å². The summed E-state index contributed by atoms with van der Waals surface area (Å²) in [6.07, 6.45) is 0. The maximum atomic E-state index is 11.5. The highest BCUT2D eigenvalue weighted by molar-refractivity contribution is 9.10. The third-order valence-electron chi connectivity index (χ3n) is 3.37. The Morgan fingerprint density at radius 1 is 1.35 bits per heavy atom. The normalized spacial score (nSPS) is 11.4. The standard InChI is InChI=1S/C13H13BrN4O2/c1-17-8-5-7(3-4-9(8)20-13(17)19)11-12(14)18(2)10(6-15)16-11/h3-5H,6,15H2,1-2H3. The Hall–Kier alpha value is -1.86. The number of nitrogens with zero attached hydrogens (tertiary/aromatic N) is 3. The van der Waals surface area contributed by atoms with Gasteiger partial charge in [0.25, 0.3) is 0 Å². The molecule has 0 amide bonds. The van der Waals surface area contributed by atoms with Gasteiger partial charge in [0.1, 0.15) is 16.1 Å². The number of benzene rings is 1. The average Bonchev–Trinajstić information content (AvgIpc) is 2.89. The maximum Gasteiger partial charge on any atom is 0.419 e. The maximum absolute atomic E-state index is 11.5. The first-order chi connectivity index (χ1) is 9.52. The van der Waals surface area contributed by atoms with Gasteiger partial charge in [-0.1, -0.05) is 0 Å². The highest BCUT2D eigenvalue weighted by atomic mass is 79.9. The van der Waals surface area contributed by atoms with Crippen molar-refractivity contribution in [1.82, 2.24) is 14.1 Å². The van der Waals surface area contributed by atoms with E-state index in [2.05, 4.69) is 20.9 Å². The van der Waals surface area contributed by atoms with Crippen molar-refractivity contribution in [3.8, 4) is 11.3 Å². The minimum Gasteiger partial charge on any atom is -0.408 e. The second-order valence-corrected chi connectivity index (χ2v) is 5.29. The van der Waals surface area contributed by atoms with Crippen molar-refractivity contribution in [2.24, 2.45) is 19.8 Å². The lowest BCUT2D eigenvalue weighted by molar-refractivity contribution is 0.528. The van der Waals surface area contributed by atoms with Crippen LogP contribution in [0.4, 0.5) is 0 Å². The summed E-state index contributed by atoms with van der Waals surface area (Å²) in [5, 5.41) is 0. The number of rotatable bonds is 2. The van der Waals surface area contributed by atoms with E-state index in [0.717, 1.165) is 27.2 Å². The molecule has 1 aromatic carbocycles. The minimum atomic E-state index is -0.375. The molecule has 0 aliphatic carbocycles. The fourth-order valence-corrected chi connectivity index (χ4v) is 2.68. The summed E-state index contributed by atoms with van der Waals surface area (Å²) in [4.78, 5) is 16.0. The van der Waals surface area contributed by atoms with E-state index in [9.17, 15) is 4.79 Å². The summed E-state index contributed by atoms with van der Waals surface area (Å²) in [5.41, 5.74) is 8.66. The van der Waals surface area contributed by atoms with Gasteiger partial charge in [-0.15, -0.1) is 0 Å². The van der Waals surface area contributed by atoms with E-state index in [-0.39, 0.29) is 5.76 Å². The van der Waals surface area contributed by atoms with E-state index >= 15 is 0 Å². The third kappa shape index (κ3) is 1.82. The number of halogens is 1. The molecule has 0 bridgehead atoms. The predicted octanol–water partition coefficient (Wildman–Crippen LogP) is 1.75. The van der Waals surface area contributed by atoms with Gasteiger partial charge in [0.2, 0.25) is 0 Å². The van der Waals surface area contributed by atoms with Gasteiger partial charge >= 0.3 is 5.76 Å². The molecule has 2 N–H and O–H groups in total. The Morgan fingerprint density at radius 2 is 2.10 bits per heavy atom. The summed E-state index contributed by atoms with van der Waals surface area (Å²) >= 11 is 3.52. The smallest absolute Gasteiger partial charge is 0.408 e. The second-order valence-electron chi connectivity index (χ2n) is 4.54. The average molecular weight is 337 g/mol. The Bertz CT molecular complexity index is 859. The number of imidazole rings is 1. The van der Waals surface area contributed by atoms with E-state index < -0.39 is 0 Å². The molecular formula is C13H13BrN4O2. The first-order valence-corrected chi connectivity index (χ1v) is 6.83. The summed E-state index contributed by atoms with van der Waals surface area (Å²) in [6, 6.07) is 5.53. The van der Waals surface area contributed by atoms with Gasteiger partial charge in [0.15, 0.2) is 5.58 Å². The van der Waals surface area contributed by atoms with E-state index in [0.29, 0.717) is 12.1 Å². The lowest BCUT2D eigenvalue weighted by Gasteiger charge is -2.00. The van der Waals surface area contributed by atoms with Crippen LogP contribution in [0.3, 0.4) is 0 Å². The minimum absolute atomic E-state index is 0.363. The lowest BCUT2D eigenvalue weighted by atomic mass is 10.1. The Morgan fingerprint density at radius 3 is 2.75 bits per heavy atom. The van der Waals surface area contributed by atoms with Crippen LogP contribution in [0.5, 0.6) is 0 Å². The van der Waals surface area contributed by atoms with Crippen LogP contribution in [0.25, 0.3) is 22.4 Å². The first-order valence-electron chi connectivity index (χ1n) is 6.04. The molecule has 2 heterocycles. The van der Waals surface area contributed by atoms with Gasteiger partial charge in [-0.25, -0.2) is 9.78 Å². The molecule has 0 aliphatic heterocycles. The summed E-state index contributed by atoms with van der Waals surface area (Å²) < 4.78 is 9.34. The monoisotopic (exact) mass is 336 g/mol. The van der Waals surface area contributed by atoms with Crippen LogP contribution >= 0.6 is 15.9 Å². The number of hydrogen-bond acceptors (Lipinski definition) is 4. The van der Waals surface area contributed by atoms with Crippen LogP contribution < -0.4 is 11.5 Å². The SMILES string of the molecule is Cn1c(CN)nc(-c2ccc3oc(=O)n(C)c3c2)c1Br. The van der Waals surface area contributed by atoms with Crippen molar-refractivity contribution < 1.29 is 4.42 Å². The van der Waals surface area contributed by atoms with Gasteiger partial charge in [0, 0.05) is 19.7 Å². The molecule has 3 aromatic rings. The molecule has 0 unspecified atom stereocenters. The molecule has 6 nitrogen and oxygen atoms in total. The quantitative estimate of drug-likeness (QED) is 0.773. The van der Waals surface area contributed by atoms with E-state index in [1.165, 1.54) is 4.57 Å². The van der Waals surface area contributed by atoms with Crippen LogP contribution in [0, 0.1) is 0 Å². The molecule has 0 saturated heterocycles. The Balaban J connectivity index is 2.24. The molecule has 20 heavy (non-hydrogen) atoms. The highest BCUT2D eigenvalue weighted by Crippen LogP contribution is 2.30. The Kier molecular flexibility index (Phi) is 3.02. The molecule has 0 atom stereocenters. The molecule has 0 radical (unpaired) electrons. The summed E-state index contributed by atoms with van der Waals surface area (Å²) in [5.74, 6) is 0.410. The highest BCUT2D eigenvalue weighted by Gasteiger charge is 2.15. The van der Waals surface area contributed by atoms with Gasteiger partial charge in [-0.2, -0.15) is 0 Å². The van der Waals surface area contributed by atoms with Crippen molar-refractivity contribution in [1.29, 1.82) is 0 Å². The number of nitrogens with two attached hydrogens (primary N) is 1. The molecule has 0 spiro atoms. The zero-order valence-electron chi connectivity index (χ0n) is 11.1. The van der Waals surface area contributed by atoms with E-state index in [1.54, 1.807) is 13.1 Å². The van der Waals surface area contributed by atoms with Crippen molar-refractivity contribution in [3.63, 3.8) is 0 Å². The second kappa shape index (κ2) is 4.60. The number of oxazole rings is 1. The fourth-order valence-electron chi connectivity index (χ4n) is 2.16. The number of fused-ring (bicyclic) bond motifs is 1. The van der Waals surface area contributed by atoms with E-state index in [4.69, 9.17) is 10.2 Å². The topological polar surface area (TPSA) is 79.0 Å². The summed E-state index contributed by atoms with van der Waals surface area (Å²) in [7, 11) is 3.58. The lowest BCUT2D eigenvalue weighted by Crippen LogP contribution is -2.08. The zero-order valence-corrected chi connectivity index (χ0v) is 12.6.